The Labute approximate surface area is 132 Å². The highest BCUT2D eigenvalue weighted by atomic mass is 32.1. The second-order valence-corrected chi connectivity index (χ2v) is 5.98. The van der Waals surface area contributed by atoms with Gasteiger partial charge in [0.25, 0.3) is 5.91 Å². The number of benzene rings is 1. The van der Waals surface area contributed by atoms with Gasteiger partial charge in [0.1, 0.15) is 5.01 Å². The Balaban J connectivity index is 1.73. The predicted octanol–water partition coefficient (Wildman–Crippen LogP) is 3.08. The topological polar surface area (TPSA) is 73.3 Å². The molecule has 1 aliphatic carbocycles. The van der Waals surface area contributed by atoms with Crippen LogP contribution in [0.5, 0.6) is 11.5 Å². The normalized spacial score (nSPS) is 13.7. The Hall–Kier alpha value is -2.15. The van der Waals surface area contributed by atoms with Crippen LogP contribution in [0.25, 0.3) is 0 Å². The highest BCUT2D eigenvalue weighted by Gasteiger charge is 2.27. The Morgan fingerprint density at radius 3 is 2.86 bits per heavy atom. The maximum Gasteiger partial charge on any atom is 0.257 e. The molecule has 0 bridgehead atoms. The number of carbonyl (C=O) groups is 1. The third-order valence-corrected chi connectivity index (χ3v) is 4.31. The second kappa shape index (κ2) is 6.31. The fourth-order valence-electron chi connectivity index (χ4n) is 2.03. The average Bonchev–Trinajstić information content (AvgIpc) is 3.28. The number of nitrogens with one attached hydrogen (secondary N) is 1. The minimum atomic E-state index is -0.236. The van der Waals surface area contributed by atoms with Crippen LogP contribution in [0.2, 0.25) is 0 Å². The van der Waals surface area contributed by atoms with Crippen LogP contribution in [-0.2, 0) is 0 Å². The van der Waals surface area contributed by atoms with E-state index in [9.17, 15) is 4.79 Å². The third kappa shape index (κ3) is 3.19. The van der Waals surface area contributed by atoms with E-state index in [0.717, 1.165) is 5.01 Å². The average molecular weight is 319 g/mol. The lowest BCUT2D eigenvalue weighted by molar-refractivity contribution is 0.102. The molecule has 0 radical (unpaired) electrons. The molecule has 116 valence electrons. The number of ether oxygens (including phenoxy) is 2. The van der Waals surface area contributed by atoms with Crippen LogP contribution in [0.3, 0.4) is 0 Å². The van der Waals surface area contributed by atoms with Crippen molar-refractivity contribution >= 4 is 22.4 Å². The first-order valence-corrected chi connectivity index (χ1v) is 7.98. The van der Waals surface area contributed by atoms with Crippen LogP contribution in [0.1, 0.15) is 41.0 Å². The number of aromatic nitrogens is 2. The number of nitrogens with zero attached hydrogens (tertiary/aromatic N) is 2. The highest BCUT2D eigenvalue weighted by Crippen LogP contribution is 2.42. The molecule has 0 saturated heterocycles. The van der Waals surface area contributed by atoms with Crippen LogP contribution in [0.15, 0.2) is 18.2 Å². The number of rotatable bonds is 6. The zero-order chi connectivity index (χ0) is 15.5. The molecule has 7 heteroatoms. The smallest absolute Gasteiger partial charge is 0.257 e. The van der Waals surface area contributed by atoms with Crippen LogP contribution < -0.4 is 14.8 Å². The van der Waals surface area contributed by atoms with Crippen molar-refractivity contribution in [3.05, 3.63) is 28.8 Å². The van der Waals surface area contributed by atoms with Gasteiger partial charge in [0, 0.05) is 11.5 Å². The summed E-state index contributed by atoms with van der Waals surface area (Å²) in [5, 5.41) is 12.4. The van der Waals surface area contributed by atoms with Crippen molar-refractivity contribution in [1.82, 2.24) is 10.2 Å². The zero-order valence-electron chi connectivity index (χ0n) is 12.5. The van der Waals surface area contributed by atoms with Gasteiger partial charge in [-0.2, -0.15) is 0 Å². The standard InChI is InChI=1S/C15H17N3O3S/c1-3-21-11-7-6-10(8-12(11)20-2)13(19)16-15-18-17-14(22-15)9-4-5-9/h6-9H,3-5H2,1-2H3,(H,16,18,19). The molecule has 1 aromatic carbocycles. The molecule has 1 aromatic heterocycles. The van der Waals surface area contributed by atoms with Crippen molar-refractivity contribution in [2.75, 3.05) is 19.0 Å². The van der Waals surface area contributed by atoms with E-state index in [1.165, 1.54) is 24.2 Å². The van der Waals surface area contributed by atoms with Gasteiger partial charge in [-0.25, -0.2) is 0 Å². The van der Waals surface area contributed by atoms with Gasteiger partial charge in [0.05, 0.1) is 13.7 Å². The first-order valence-electron chi connectivity index (χ1n) is 7.17. The molecular formula is C15H17N3O3S. The minimum absolute atomic E-state index is 0.236. The monoisotopic (exact) mass is 319 g/mol. The molecule has 1 saturated carbocycles. The summed E-state index contributed by atoms with van der Waals surface area (Å²) >= 11 is 1.44. The lowest BCUT2D eigenvalue weighted by Gasteiger charge is -2.10. The van der Waals surface area contributed by atoms with Gasteiger partial charge in [0.15, 0.2) is 11.5 Å². The van der Waals surface area contributed by atoms with Crippen molar-refractivity contribution in [1.29, 1.82) is 0 Å². The van der Waals surface area contributed by atoms with Gasteiger partial charge in [-0.1, -0.05) is 11.3 Å². The maximum atomic E-state index is 12.3. The van der Waals surface area contributed by atoms with Gasteiger partial charge in [-0.05, 0) is 38.0 Å². The van der Waals surface area contributed by atoms with Gasteiger partial charge in [-0.3, -0.25) is 10.1 Å². The second-order valence-electron chi connectivity index (χ2n) is 4.97. The van der Waals surface area contributed by atoms with Crippen LogP contribution in [0.4, 0.5) is 5.13 Å². The van der Waals surface area contributed by atoms with E-state index in [4.69, 9.17) is 9.47 Å². The summed E-state index contributed by atoms with van der Waals surface area (Å²) < 4.78 is 10.7. The Bertz CT molecular complexity index is 682. The van der Waals surface area contributed by atoms with Crippen molar-refractivity contribution in [3.63, 3.8) is 0 Å². The summed E-state index contributed by atoms with van der Waals surface area (Å²) in [6.45, 7) is 2.43. The molecule has 0 aliphatic heterocycles. The van der Waals surface area contributed by atoms with Crippen LogP contribution in [0, 0.1) is 0 Å². The van der Waals surface area contributed by atoms with Gasteiger partial charge >= 0.3 is 0 Å². The molecule has 6 nitrogen and oxygen atoms in total. The van der Waals surface area contributed by atoms with Crippen molar-refractivity contribution < 1.29 is 14.3 Å². The van der Waals surface area contributed by atoms with Crippen LogP contribution >= 0.6 is 11.3 Å². The predicted molar refractivity (Wildman–Crippen MR) is 84.0 cm³/mol. The van der Waals surface area contributed by atoms with Crippen molar-refractivity contribution in [3.8, 4) is 11.5 Å². The van der Waals surface area contributed by atoms with E-state index in [1.54, 1.807) is 25.3 Å². The van der Waals surface area contributed by atoms with E-state index >= 15 is 0 Å². The third-order valence-electron chi connectivity index (χ3n) is 3.31. The summed E-state index contributed by atoms with van der Waals surface area (Å²) in [5.74, 6) is 1.45. The quantitative estimate of drug-likeness (QED) is 0.886. The fraction of sp³-hybridized carbons (Fsp3) is 0.400. The van der Waals surface area contributed by atoms with Gasteiger partial charge in [0.2, 0.25) is 5.13 Å². The Morgan fingerprint density at radius 2 is 2.18 bits per heavy atom. The molecule has 1 N–H and O–H groups in total. The largest absolute Gasteiger partial charge is 0.493 e. The maximum absolute atomic E-state index is 12.3. The van der Waals surface area contributed by atoms with E-state index in [0.29, 0.717) is 34.7 Å². The lowest BCUT2D eigenvalue weighted by atomic mass is 10.2. The van der Waals surface area contributed by atoms with Gasteiger partial charge < -0.3 is 9.47 Å². The molecule has 1 amide bonds. The van der Waals surface area contributed by atoms with E-state index in [-0.39, 0.29) is 5.91 Å². The number of amides is 1. The summed E-state index contributed by atoms with van der Waals surface area (Å²) in [5.41, 5.74) is 0.489. The van der Waals surface area contributed by atoms with Crippen LogP contribution in [-0.4, -0.2) is 29.8 Å². The summed E-state index contributed by atoms with van der Waals surface area (Å²) in [7, 11) is 1.55. The summed E-state index contributed by atoms with van der Waals surface area (Å²) in [6.07, 6.45) is 2.33. The molecule has 1 aliphatic rings. The molecule has 1 fully saturated rings. The zero-order valence-corrected chi connectivity index (χ0v) is 13.3. The molecule has 0 spiro atoms. The molecule has 0 atom stereocenters. The highest BCUT2D eigenvalue weighted by molar-refractivity contribution is 7.15. The number of hydrogen-bond donors (Lipinski definition) is 1. The summed E-state index contributed by atoms with van der Waals surface area (Å²) in [6, 6.07) is 5.09. The Kier molecular flexibility index (Phi) is 4.24. The first kappa shape index (κ1) is 14.8. The van der Waals surface area contributed by atoms with Crippen molar-refractivity contribution in [2.45, 2.75) is 25.7 Å². The molecule has 2 aromatic rings. The first-order chi connectivity index (χ1) is 10.7. The lowest BCUT2D eigenvalue weighted by Crippen LogP contribution is -2.12. The fourth-order valence-corrected chi connectivity index (χ4v) is 2.94. The number of hydrogen-bond acceptors (Lipinski definition) is 6. The molecular weight excluding hydrogens is 302 g/mol. The Morgan fingerprint density at radius 1 is 1.36 bits per heavy atom. The van der Waals surface area contributed by atoms with Crippen molar-refractivity contribution in [2.24, 2.45) is 0 Å². The molecule has 1 heterocycles. The van der Waals surface area contributed by atoms with E-state index in [2.05, 4.69) is 15.5 Å². The van der Waals surface area contributed by atoms with E-state index < -0.39 is 0 Å². The van der Waals surface area contributed by atoms with Gasteiger partial charge in [-0.15, -0.1) is 10.2 Å². The minimum Gasteiger partial charge on any atom is -0.493 e. The number of carbonyl (C=O) groups excluding carboxylic acids is 1. The molecule has 22 heavy (non-hydrogen) atoms. The molecule has 3 rings (SSSR count). The molecule has 0 unspecified atom stereocenters. The number of methoxy groups -OCH3 is 1. The number of anilines is 1. The van der Waals surface area contributed by atoms with E-state index in [1.807, 2.05) is 6.92 Å². The summed E-state index contributed by atoms with van der Waals surface area (Å²) in [4.78, 5) is 12.3. The SMILES string of the molecule is CCOc1ccc(C(=O)Nc2nnc(C3CC3)s2)cc1OC.